The summed E-state index contributed by atoms with van der Waals surface area (Å²) in [5.74, 6) is 0. The standard InChI is InChI=1S/C19H18F6OSi/c1-2-3-13-27(14-9-5-4-6-10-14)16-12-8-7-11-15(16)17(26-27,18(20,21)22)19(23,24)25/h4-12H,2-3,13H2,1H3. The van der Waals surface area contributed by atoms with Gasteiger partial charge in [0.1, 0.15) is 0 Å². The Morgan fingerprint density at radius 3 is 1.96 bits per heavy atom. The van der Waals surface area contributed by atoms with Crippen LogP contribution in [-0.4, -0.2) is 20.7 Å². The van der Waals surface area contributed by atoms with Crippen LogP contribution in [0, 0.1) is 0 Å². The van der Waals surface area contributed by atoms with E-state index in [0.29, 0.717) is 18.0 Å². The first-order valence-corrected chi connectivity index (χ1v) is 10.7. The highest BCUT2D eigenvalue weighted by Crippen LogP contribution is 2.57. The van der Waals surface area contributed by atoms with E-state index in [2.05, 4.69) is 0 Å². The molecule has 0 N–H and O–H groups in total. The average molecular weight is 404 g/mol. The van der Waals surface area contributed by atoms with E-state index in [1.54, 1.807) is 30.3 Å². The first kappa shape index (κ1) is 19.9. The molecular weight excluding hydrogens is 386 g/mol. The summed E-state index contributed by atoms with van der Waals surface area (Å²) in [6.07, 6.45) is -10.1. The molecule has 0 saturated carbocycles. The quantitative estimate of drug-likeness (QED) is 0.521. The molecule has 0 bridgehead atoms. The maximum atomic E-state index is 13.9. The predicted molar refractivity (Wildman–Crippen MR) is 92.5 cm³/mol. The molecule has 3 rings (SSSR count). The van der Waals surface area contributed by atoms with Crippen molar-refractivity contribution < 1.29 is 30.8 Å². The van der Waals surface area contributed by atoms with Crippen LogP contribution in [0.3, 0.4) is 0 Å². The van der Waals surface area contributed by atoms with Gasteiger partial charge in [0.2, 0.25) is 0 Å². The van der Waals surface area contributed by atoms with Gasteiger partial charge in [0.25, 0.3) is 13.9 Å². The minimum Gasteiger partial charge on any atom is -0.384 e. The van der Waals surface area contributed by atoms with Gasteiger partial charge in [-0.2, -0.15) is 26.3 Å². The van der Waals surface area contributed by atoms with Crippen LogP contribution < -0.4 is 10.4 Å². The molecule has 8 heteroatoms. The summed E-state index contributed by atoms with van der Waals surface area (Å²) < 4.78 is 89.0. The number of halogens is 6. The summed E-state index contributed by atoms with van der Waals surface area (Å²) >= 11 is 0. The number of rotatable bonds is 4. The van der Waals surface area contributed by atoms with Gasteiger partial charge in [0, 0.05) is 5.56 Å². The molecular formula is C19H18F6OSi. The third kappa shape index (κ3) is 2.89. The lowest BCUT2D eigenvalue weighted by Gasteiger charge is -2.37. The zero-order chi connectivity index (χ0) is 19.9. The van der Waals surface area contributed by atoms with E-state index in [1.807, 2.05) is 6.92 Å². The van der Waals surface area contributed by atoms with Gasteiger partial charge in [-0.05, 0) is 16.4 Å². The minimum absolute atomic E-state index is 0.0549. The van der Waals surface area contributed by atoms with Gasteiger partial charge >= 0.3 is 12.4 Å². The molecule has 1 nitrogen and oxygen atoms in total. The third-order valence-corrected chi connectivity index (χ3v) is 9.27. The number of fused-ring (bicyclic) bond motifs is 1. The third-order valence-electron chi connectivity index (χ3n) is 4.99. The largest absolute Gasteiger partial charge is 0.429 e. The van der Waals surface area contributed by atoms with Crippen molar-refractivity contribution >= 4 is 18.7 Å². The topological polar surface area (TPSA) is 9.23 Å². The molecule has 2 aromatic rings. The molecule has 1 aliphatic rings. The number of alkyl halides is 6. The maximum Gasteiger partial charge on any atom is 0.429 e. The molecule has 27 heavy (non-hydrogen) atoms. The molecule has 0 radical (unpaired) electrons. The lowest BCUT2D eigenvalue weighted by atomic mass is 9.92. The zero-order valence-corrected chi connectivity index (χ0v) is 15.5. The van der Waals surface area contributed by atoms with Gasteiger partial charge in [0.15, 0.2) is 0 Å². The molecule has 0 aromatic heterocycles. The second-order valence-corrected chi connectivity index (χ2v) is 10.1. The molecule has 1 atom stereocenters. The minimum atomic E-state index is -5.63. The van der Waals surface area contributed by atoms with Crippen LogP contribution in [0.4, 0.5) is 26.3 Å². The summed E-state index contributed by atoms with van der Waals surface area (Å²) in [5.41, 5.74) is -5.12. The van der Waals surface area contributed by atoms with Gasteiger partial charge in [-0.1, -0.05) is 74.4 Å². The highest BCUT2D eigenvalue weighted by atomic mass is 28.4. The molecule has 1 heterocycles. The van der Waals surface area contributed by atoms with Crippen molar-refractivity contribution in [3.8, 4) is 0 Å². The number of benzene rings is 2. The van der Waals surface area contributed by atoms with Crippen LogP contribution in [0.15, 0.2) is 54.6 Å². The van der Waals surface area contributed by atoms with Crippen LogP contribution in [0.1, 0.15) is 25.3 Å². The summed E-state index contributed by atoms with van der Waals surface area (Å²) in [4.78, 5) is 0. The highest BCUT2D eigenvalue weighted by molar-refractivity contribution is 6.98. The summed E-state index contributed by atoms with van der Waals surface area (Å²) in [6, 6.07) is 13.1. The first-order valence-electron chi connectivity index (χ1n) is 8.59. The van der Waals surface area contributed by atoms with Crippen LogP contribution in [-0.2, 0) is 10.0 Å². The Hall–Kier alpha value is -1.80. The van der Waals surface area contributed by atoms with Crippen LogP contribution in [0.2, 0.25) is 6.04 Å². The van der Waals surface area contributed by atoms with E-state index < -0.39 is 31.8 Å². The van der Waals surface area contributed by atoms with Crippen LogP contribution in [0.25, 0.3) is 0 Å². The highest BCUT2D eigenvalue weighted by Gasteiger charge is 2.79. The second-order valence-electron chi connectivity index (χ2n) is 6.62. The van der Waals surface area contributed by atoms with E-state index >= 15 is 0 Å². The van der Waals surface area contributed by atoms with Gasteiger partial charge in [-0.25, -0.2) is 0 Å². The summed E-state index contributed by atoms with van der Waals surface area (Å²) in [5, 5.41) is 0.473. The Morgan fingerprint density at radius 1 is 0.852 bits per heavy atom. The smallest absolute Gasteiger partial charge is 0.384 e. The SMILES string of the molecule is CCCC[Si]1(c2ccccc2)OC(C(F)(F)F)(C(F)(F)F)c2ccccc21. The van der Waals surface area contributed by atoms with Gasteiger partial charge in [0.05, 0.1) is 0 Å². The fourth-order valence-electron chi connectivity index (χ4n) is 3.77. The van der Waals surface area contributed by atoms with E-state index in [-0.39, 0.29) is 11.2 Å². The fraction of sp³-hybridized carbons (Fsp3) is 0.368. The predicted octanol–water partition coefficient (Wildman–Crippen LogP) is 4.90. The van der Waals surface area contributed by atoms with E-state index in [0.717, 1.165) is 6.07 Å². The Balaban J connectivity index is 2.35. The average Bonchev–Trinajstić information content (AvgIpc) is 2.94. The molecule has 0 saturated heterocycles. The molecule has 0 fully saturated rings. The number of hydrogen-bond acceptors (Lipinski definition) is 1. The maximum absolute atomic E-state index is 13.9. The second kappa shape index (κ2) is 6.67. The first-order chi connectivity index (χ1) is 12.6. The van der Waals surface area contributed by atoms with Crippen LogP contribution >= 0.6 is 0 Å². The molecule has 0 spiro atoms. The molecule has 1 unspecified atom stereocenters. The van der Waals surface area contributed by atoms with Crippen LogP contribution in [0.5, 0.6) is 0 Å². The van der Waals surface area contributed by atoms with Crippen molar-refractivity contribution in [1.82, 2.24) is 0 Å². The normalized spacial score (nSPS) is 21.9. The van der Waals surface area contributed by atoms with E-state index in [9.17, 15) is 26.3 Å². The molecule has 146 valence electrons. The zero-order valence-electron chi connectivity index (χ0n) is 14.5. The van der Waals surface area contributed by atoms with Crippen molar-refractivity contribution in [3.05, 3.63) is 60.2 Å². The van der Waals surface area contributed by atoms with Crippen molar-refractivity contribution in [2.24, 2.45) is 0 Å². The van der Waals surface area contributed by atoms with E-state index in [1.165, 1.54) is 18.2 Å². The Kier molecular flexibility index (Phi) is 4.92. The van der Waals surface area contributed by atoms with Crippen molar-refractivity contribution in [2.75, 3.05) is 0 Å². The fourth-order valence-corrected chi connectivity index (χ4v) is 8.48. The van der Waals surface area contributed by atoms with Gasteiger partial charge in [-0.3, -0.25) is 0 Å². The van der Waals surface area contributed by atoms with Crippen molar-refractivity contribution in [2.45, 2.75) is 43.8 Å². The lowest BCUT2D eigenvalue weighted by molar-refractivity contribution is -0.364. The molecule has 2 aromatic carbocycles. The Morgan fingerprint density at radius 2 is 1.41 bits per heavy atom. The van der Waals surface area contributed by atoms with E-state index in [4.69, 9.17) is 4.43 Å². The molecule has 1 aliphatic heterocycles. The Labute approximate surface area is 154 Å². The molecule has 0 amide bonds. The Bertz CT molecular complexity index is 788. The van der Waals surface area contributed by atoms with Crippen molar-refractivity contribution in [3.63, 3.8) is 0 Å². The van der Waals surface area contributed by atoms with Crippen molar-refractivity contribution in [1.29, 1.82) is 0 Å². The monoisotopic (exact) mass is 404 g/mol. The number of unbranched alkanes of at least 4 members (excludes halogenated alkanes) is 1. The number of hydrogen-bond donors (Lipinski definition) is 0. The summed E-state index contributed by atoms with van der Waals surface area (Å²) in [6.45, 7) is 1.84. The molecule has 0 aliphatic carbocycles. The lowest BCUT2D eigenvalue weighted by Crippen LogP contribution is -2.62. The summed E-state index contributed by atoms with van der Waals surface area (Å²) in [7, 11) is -3.75. The van der Waals surface area contributed by atoms with Gasteiger partial charge < -0.3 is 4.43 Å². The van der Waals surface area contributed by atoms with Gasteiger partial charge in [-0.15, -0.1) is 0 Å².